The molecule has 0 saturated carbocycles. The fourth-order valence-corrected chi connectivity index (χ4v) is 3.85. The second kappa shape index (κ2) is 13.7. The summed E-state index contributed by atoms with van der Waals surface area (Å²) in [4.78, 5) is 26.3. The van der Waals surface area contributed by atoms with Crippen LogP contribution in [0.2, 0.25) is 0 Å². The molecule has 3 aromatic rings. The zero-order valence-electron chi connectivity index (χ0n) is 19.7. The summed E-state index contributed by atoms with van der Waals surface area (Å²) < 4.78 is 11.7. The van der Waals surface area contributed by atoms with E-state index in [9.17, 15) is 9.59 Å². The number of benzene rings is 2. The van der Waals surface area contributed by atoms with E-state index < -0.39 is 11.8 Å². The third-order valence-electron chi connectivity index (χ3n) is 4.49. The third kappa shape index (κ3) is 7.51. The van der Waals surface area contributed by atoms with E-state index in [0.29, 0.717) is 13.2 Å². The van der Waals surface area contributed by atoms with E-state index >= 15 is 0 Å². The topological polar surface area (TPSA) is 101 Å². The van der Waals surface area contributed by atoms with Gasteiger partial charge in [-0.1, -0.05) is 74.5 Å². The van der Waals surface area contributed by atoms with Crippen LogP contribution < -0.4 is 20.3 Å². The molecular weight excluding hydrogens is 464 g/mol. The van der Waals surface area contributed by atoms with Crippen molar-refractivity contribution in [3.8, 4) is 11.5 Å². The van der Waals surface area contributed by atoms with Gasteiger partial charge >= 0.3 is 0 Å². The van der Waals surface area contributed by atoms with Crippen LogP contribution in [0.15, 0.2) is 70.9 Å². The van der Waals surface area contributed by atoms with Gasteiger partial charge in [-0.2, -0.15) is 10.2 Å². The normalized spacial score (nSPS) is 11.0. The Morgan fingerprint density at radius 1 is 0.743 bits per heavy atom. The first-order valence-electron chi connectivity index (χ1n) is 11.3. The SMILES string of the molecule is CCCOc1c(C(=O)N/N=C/c2ccccc2)sc(C(=O)N/N=C/c2ccccc2)c1OCCC. The van der Waals surface area contributed by atoms with Crippen molar-refractivity contribution < 1.29 is 19.1 Å². The largest absolute Gasteiger partial charge is 0.488 e. The van der Waals surface area contributed by atoms with E-state index in [1.165, 1.54) is 0 Å². The van der Waals surface area contributed by atoms with E-state index in [1.807, 2.05) is 74.5 Å². The van der Waals surface area contributed by atoms with Crippen LogP contribution in [0.1, 0.15) is 57.2 Å². The van der Waals surface area contributed by atoms with E-state index in [4.69, 9.17) is 9.47 Å². The van der Waals surface area contributed by atoms with Crippen molar-refractivity contribution in [2.75, 3.05) is 13.2 Å². The van der Waals surface area contributed by atoms with Gasteiger partial charge in [-0.3, -0.25) is 9.59 Å². The number of hydrogen-bond acceptors (Lipinski definition) is 7. The molecule has 1 heterocycles. The number of nitrogens with one attached hydrogen (secondary N) is 2. The van der Waals surface area contributed by atoms with Crippen LogP contribution in [0.4, 0.5) is 0 Å². The fraction of sp³-hybridized carbons (Fsp3) is 0.231. The number of carbonyl (C=O) groups excluding carboxylic acids is 2. The lowest BCUT2D eigenvalue weighted by Gasteiger charge is -2.10. The summed E-state index contributed by atoms with van der Waals surface area (Å²) in [6.45, 7) is 4.63. The van der Waals surface area contributed by atoms with Gasteiger partial charge in [-0.15, -0.1) is 11.3 Å². The van der Waals surface area contributed by atoms with Crippen molar-refractivity contribution in [2.24, 2.45) is 10.2 Å². The molecule has 0 spiro atoms. The summed E-state index contributed by atoms with van der Waals surface area (Å²) in [6.07, 6.45) is 4.52. The lowest BCUT2D eigenvalue weighted by Crippen LogP contribution is -2.17. The molecule has 1 aromatic heterocycles. The number of amides is 2. The Morgan fingerprint density at radius 3 is 1.51 bits per heavy atom. The number of hydrazone groups is 2. The van der Waals surface area contributed by atoms with Gasteiger partial charge in [-0.05, 0) is 24.0 Å². The molecule has 0 aliphatic carbocycles. The molecule has 0 aliphatic rings. The summed E-state index contributed by atoms with van der Waals surface area (Å²) in [5, 5.41) is 8.06. The highest BCUT2D eigenvalue weighted by Gasteiger charge is 2.29. The summed E-state index contributed by atoms with van der Waals surface area (Å²) in [5.41, 5.74) is 6.69. The van der Waals surface area contributed by atoms with Crippen LogP contribution in [0.5, 0.6) is 11.5 Å². The van der Waals surface area contributed by atoms with Crippen molar-refractivity contribution >= 4 is 35.6 Å². The number of rotatable bonds is 12. The molecule has 0 atom stereocenters. The second-order valence-electron chi connectivity index (χ2n) is 7.34. The van der Waals surface area contributed by atoms with Gasteiger partial charge in [0.25, 0.3) is 11.8 Å². The van der Waals surface area contributed by atoms with Crippen LogP contribution in [0.3, 0.4) is 0 Å². The van der Waals surface area contributed by atoms with Crippen molar-refractivity contribution in [1.82, 2.24) is 10.9 Å². The second-order valence-corrected chi connectivity index (χ2v) is 8.36. The molecule has 2 N–H and O–H groups in total. The van der Waals surface area contributed by atoms with Crippen molar-refractivity contribution in [2.45, 2.75) is 26.7 Å². The Morgan fingerprint density at radius 2 is 1.14 bits per heavy atom. The number of carbonyl (C=O) groups is 2. The van der Waals surface area contributed by atoms with Gasteiger partial charge in [0.15, 0.2) is 11.5 Å². The molecule has 0 bridgehead atoms. The minimum atomic E-state index is -0.499. The fourth-order valence-electron chi connectivity index (χ4n) is 2.88. The molecule has 0 unspecified atom stereocenters. The quantitative estimate of drug-likeness (QED) is 0.279. The van der Waals surface area contributed by atoms with E-state index in [1.54, 1.807) is 12.4 Å². The first-order chi connectivity index (χ1) is 17.1. The van der Waals surface area contributed by atoms with Gasteiger partial charge in [0, 0.05) is 0 Å². The molecule has 8 nitrogen and oxygen atoms in total. The number of hydrogen-bond donors (Lipinski definition) is 2. The van der Waals surface area contributed by atoms with Gasteiger partial charge in [0.1, 0.15) is 9.75 Å². The Balaban J connectivity index is 1.85. The van der Waals surface area contributed by atoms with Crippen LogP contribution in [0, 0.1) is 0 Å². The average Bonchev–Trinajstić information content (AvgIpc) is 3.25. The standard InChI is InChI=1S/C26H28N4O4S/c1-3-15-33-21-22(34-16-4-2)24(26(32)30-28-18-20-13-9-6-10-14-20)35-23(21)25(31)29-27-17-19-11-7-5-8-12-19/h5-14,17-18H,3-4,15-16H2,1-2H3,(H,29,31)(H,30,32)/b27-17+,28-18+. The zero-order valence-corrected chi connectivity index (χ0v) is 20.5. The minimum absolute atomic E-state index is 0.201. The van der Waals surface area contributed by atoms with Gasteiger partial charge in [0.2, 0.25) is 0 Å². The van der Waals surface area contributed by atoms with Crippen molar-refractivity contribution in [3.63, 3.8) is 0 Å². The van der Waals surface area contributed by atoms with Gasteiger partial charge < -0.3 is 9.47 Å². The molecule has 0 saturated heterocycles. The Kier molecular flexibility index (Phi) is 10.0. The van der Waals surface area contributed by atoms with Crippen molar-refractivity contribution in [3.05, 3.63) is 81.5 Å². The Labute approximate surface area is 208 Å². The maximum atomic E-state index is 13.0. The Hall–Kier alpha value is -3.98. The third-order valence-corrected chi connectivity index (χ3v) is 5.64. The molecule has 2 aromatic carbocycles. The maximum Gasteiger partial charge on any atom is 0.285 e. The predicted octanol–water partition coefficient (Wildman–Crippen LogP) is 4.85. The summed E-state index contributed by atoms with van der Waals surface area (Å²) >= 11 is 0.974. The maximum absolute atomic E-state index is 13.0. The molecule has 2 amide bonds. The molecule has 182 valence electrons. The average molecular weight is 493 g/mol. The molecule has 0 radical (unpaired) electrons. The zero-order chi connectivity index (χ0) is 24.9. The lowest BCUT2D eigenvalue weighted by molar-refractivity contribution is 0.0945. The van der Waals surface area contributed by atoms with Crippen LogP contribution in [0.25, 0.3) is 0 Å². The van der Waals surface area contributed by atoms with Crippen molar-refractivity contribution in [1.29, 1.82) is 0 Å². The van der Waals surface area contributed by atoms with E-state index in [2.05, 4.69) is 21.1 Å². The highest BCUT2D eigenvalue weighted by Crippen LogP contribution is 2.42. The lowest BCUT2D eigenvalue weighted by atomic mass is 10.2. The molecule has 35 heavy (non-hydrogen) atoms. The molecule has 9 heteroatoms. The minimum Gasteiger partial charge on any atom is -0.488 e. The first kappa shape index (κ1) is 25.6. The summed E-state index contributed by atoms with van der Waals surface area (Å²) in [5.74, 6) is -0.535. The number of thiophene rings is 1. The molecule has 0 fully saturated rings. The highest BCUT2D eigenvalue weighted by atomic mass is 32.1. The summed E-state index contributed by atoms with van der Waals surface area (Å²) in [6, 6.07) is 18.8. The van der Waals surface area contributed by atoms with E-state index in [-0.39, 0.29) is 21.3 Å². The van der Waals surface area contributed by atoms with Crippen LogP contribution >= 0.6 is 11.3 Å². The Bertz CT molecular complexity index is 1070. The number of nitrogens with zero attached hydrogens (tertiary/aromatic N) is 2. The van der Waals surface area contributed by atoms with E-state index in [0.717, 1.165) is 35.3 Å². The van der Waals surface area contributed by atoms with Crippen LogP contribution in [-0.4, -0.2) is 37.5 Å². The van der Waals surface area contributed by atoms with Gasteiger partial charge in [0.05, 0.1) is 25.6 Å². The molecule has 3 rings (SSSR count). The molecular formula is C26H28N4O4S. The first-order valence-corrected chi connectivity index (χ1v) is 12.1. The molecule has 0 aliphatic heterocycles. The highest BCUT2D eigenvalue weighted by molar-refractivity contribution is 7.16. The van der Waals surface area contributed by atoms with Crippen LogP contribution in [-0.2, 0) is 0 Å². The van der Waals surface area contributed by atoms with Gasteiger partial charge in [-0.25, -0.2) is 10.9 Å². The smallest absolute Gasteiger partial charge is 0.285 e. The monoisotopic (exact) mass is 492 g/mol. The number of ether oxygens (including phenoxy) is 2. The predicted molar refractivity (Wildman–Crippen MR) is 139 cm³/mol. The summed E-state index contributed by atoms with van der Waals surface area (Å²) in [7, 11) is 0.